The summed E-state index contributed by atoms with van der Waals surface area (Å²) < 4.78 is 28.0. The molecule has 2 aromatic rings. The lowest BCUT2D eigenvalue weighted by molar-refractivity contribution is 0.212. The second-order valence-electron chi connectivity index (χ2n) is 6.60. The minimum atomic E-state index is -0.279. The molecule has 0 saturated heterocycles. The van der Waals surface area contributed by atoms with Gasteiger partial charge in [-0.3, -0.25) is 0 Å². The molecule has 0 saturated carbocycles. The van der Waals surface area contributed by atoms with Gasteiger partial charge in [0.05, 0.1) is 28.4 Å². The van der Waals surface area contributed by atoms with Crippen LogP contribution in [0.15, 0.2) is 30.9 Å². The number of methoxy groups -OCH3 is 4. The first-order valence-corrected chi connectivity index (χ1v) is 9.00. The van der Waals surface area contributed by atoms with Crippen LogP contribution in [0.25, 0.3) is 0 Å². The third-order valence-corrected chi connectivity index (χ3v) is 5.12. The Hall–Kier alpha value is -3.02. The van der Waals surface area contributed by atoms with E-state index < -0.39 is 0 Å². The highest BCUT2D eigenvalue weighted by Gasteiger charge is 2.37. The van der Waals surface area contributed by atoms with Gasteiger partial charge >= 0.3 is 0 Å². The van der Waals surface area contributed by atoms with E-state index in [1.165, 1.54) is 7.11 Å². The summed E-state index contributed by atoms with van der Waals surface area (Å²) in [4.78, 5) is 0. The van der Waals surface area contributed by atoms with E-state index in [2.05, 4.69) is 13.5 Å². The van der Waals surface area contributed by atoms with E-state index in [0.717, 1.165) is 11.1 Å². The average Bonchev–Trinajstić information content (AvgIpc) is 3.04. The summed E-state index contributed by atoms with van der Waals surface area (Å²) >= 11 is 0. The van der Waals surface area contributed by atoms with E-state index in [4.69, 9.17) is 23.7 Å². The van der Waals surface area contributed by atoms with E-state index in [1.807, 2.05) is 18.2 Å². The molecule has 6 heteroatoms. The summed E-state index contributed by atoms with van der Waals surface area (Å²) in [6, 6.07) is 5.61. The Kier molecular flexibility index (Phi) is 5.58. The van der Waals surface area contributed by atoms with Crippen LogP contribution in [-0.4, -0.2) is 33.5 Å². The Morgan fingerprint density at radius 3 is 2.11 bits per heavy atom. The van der Waals surface area contributed by atoms with Crippen LogP contribution in [-0.2, 0) is 6.42 Å². The molecule has 1 N–H and O–H groups in total. The maximum absolute atomic E-state index is 10.6. The summed E-state index contributed by atoms with van der Waals surface area (Å²) in [5.41, 5.74) is 2.54. The van der Waals surface area contributed by atoms with Crippen molar-refractivity contribution in [3.05, 3.63) is 47.5 Å². The molecule has 0 bridgehead atoms. The number of rotatable bonds is 7. The summed E-state index contributed by atoms with van der Waals surface area (Å²) in [5, 5.41) is 10.6. The fraction of sp³-hybridized carbons (Fsp3) is 0.364. The van der Waals surface area contributed by atoms with Gasteiger partial charge in [0.15, 0.2) is 23.0 Å². The fourth-order valence-corrected chi connectivity index (χ4v) is 3.69. The summed E-state index contributed by atoms with van der Waals surface area (Å²) in [7, 11) is 6.27. The molecule has 0 spiro atoms. The lowest BCUT2D eigenvalue weighted by atomic mass is 9.91. The molecule has 2 aromatic carbocycles. The van der Waals surface area contributed by atoms with Crippen LogP contribution >= 0.6 is 0 Å². The first kappa shape index (κ1) is 19.7. The van der Waals surface area contributed by atoms with Gasteiger partial charge in [0, 0.05) is 22.6 Å². The number of hydrogen-bond acceptors (Lipinski definition) is 6. The van der Waals surface area contributed by atoms with Crippen LogP contribution in [0.1, 0.15) is 35.6 Å². The maximum atomic E-state index is 10.6. The topological polar surface area (TPSA) is 66.4 Å². The second kappa shape index (κ2) is 7.92. The Morgan fingerprint density at radius 1 is 1.00 bits per heavy atom. The van der Waals surface area contributed by atoms with Crippen LogP contribution in [0.4, 0.5) is 0 Å². The minimum Gasteiger partial charge on any atom is -0.504 e. The van der Waals surface area contributed by atoms with Crippen LogP contribution in [0.5, 0.6) is 34.5 Å². The third-order valence-electron chi connectivity index (χ3n) is 5.12. The molecule has 150 valence electrons. The Labute approximate surface area is 165 Å². The molecule has 0 radical (unpaired) electrons. The van der Waals surface area contributed by atoms with Gasteiger partial charge in [0.25, 0.3) is 0 Å². The predicted molar refractivity (Wildman–Crippen MR) is 106 cm³/mol. The molecule has 1 aliphatic rings. The molecule has 0 aliphatic carbocycles. The maximum Gasteiger partial charge on any atom is 0.203 e. The van der Waals surface area contributed by atoms with Crippen molar-refractivity contribution in [2.45, 2.75) is 25.4 Å². The number of hydrogen-bond donors (Lipinski definition) is 1. The number of benzene rings is 2. The Morgan fingerprint density at radius 2 is 1.61 bits per heavy atom. The first-order valence-electron chi connectivity index (χ1n) is 9.00. The number of allylic oxidation sites excluding steroid dienone is 1. The van der Waals surface area contributed by atoms with E-state index in [9.17, 15) is 5.11 Å². The predicted octanol–water partition coefficient (Wildman–Crippen LogP) is 4.39. The lowest BCUT2D eigenvalue weighted by Gasteiger charge is -2.20. The number of fused-ring (bicyclic) bond motifs is 1. The first-order chi connectivity index (χ1) is 13.5. The quantitative estimate of drug-likeness (QED) is 0.712. The highest BCUT2D eigenvalue weighted by Crippen LogP contribution is 2.53. The Bertz CT molecular complexity index is 864. The van der Waals surface area contributed by atoms with Crippen LogP contribution in [0, 0.1) is 0 Å². The van der Waals surface area contributed by atoms with Crippen molar-refractivity contribution in [2.24, 2.45) is 0 Å². The van der Waals surface area contributed by atoms with Crippen molar-refractivity contribution in [1.82, 2.24) is 0 Å². The highest BCUT2D eigenvalue weighted by atomic mass is 16.5. The van der Waals surface area contributed by atoms with Crippen LogP contribution in [0.3, 0.4) is 0 Å². The van der Waals surface area contributed by atoms with E-state index in [-0.39, 0.29) is 17.8 Å². The summed E-state index contributed by atoms with van der Waals surface area (Å²) in [5.74, 6) is 2.87. The highest BCUT2D eigenvalue weighted by molar-refractivity contribution is 5.62. The molecular weight excluding hydrogens is 360 g/mol. The molecule has 1 aliphatic heterocycles. The smallest absolute Gasteiger partial charge is 0.203 e. The molecule has 6 nitrogen and oxygen atoms in total. The zero-order valence-corrected chi connectivity index (χ0v) is 16.9. The SMILES string of the molecule is C=CCc1c(O)c(OC)cc2c1O[C@@H](c1cc(OC)c(OC)c(OC)c1)[C@H]2C. The van der Waals surface area contributed by atoms with Crippen molar-refractivity contribution in [3.8, 4) is 34.5 Å². The molecule has 0 fully saturated rings. The van der Waals surface area contributed by atoms with E-state index in [0.29, 0.717) is 40.7 Å². The van der Waals surface area contributed by atoms with Gasteiger partial charge in [0.2, 0.25) is 5.75 Å². The summed E-state index contributed by atoms with van der Waals surface area (Å²) in [6.07, 6.45) is 1.93. The average molecular weight is 386 g/mol. The van der Waals surface area contributed by atoms with Gasteiger partial charge in [-0.25, -0.2) is 0 Å². The zero-order chi connectivity index (χ0) is 20.4. The fourth-order valence-electron chi connectivity index (χ4n) is 3.69. The molecular formula is C22H26O6. The minimum absolute atomic E-state index is 0.0240. The third kappa shape index (κ3) is 3.09. The standard InChI is InChI=1S/C22H26O6/c1-7-8-14-19(23)16(24-3)11-15-12(2)20(28-21(14)15)13-9-17(25-4)22(27-6)18(10-13)26-5/h7,9-12,20,23H,1,8H2,2-6H3/t12-,20+/m0/s1. The molecule has 3 rings (SSSR count). The zero-order valence-electron chi connectivity index (χ0n) is 16.9. The van der Waals surface area contributed by atoms with Gasteiger partial charge in [-0.1, -0.05) is 13.0 Å². The van der Waals surface area contributed by atoms with Gasteiger partial charge in [-0.05, 0) is 24.6 Å². The monoisotopic (exact) mass is 386 g/mol. The largest absolute Gasteiger partial charge is 0.504 e. The second-order valence-corrected chi connectivity index (χ2v) is 6.60. The van der Waals surface area contributed by atoms with E-state index >= 15 is 0 Å². The molecule has 1 heterocycles. The molecule has 0 unspecified atom stereocenters. The molecule has 0 aromatic heterocycles. The molecule has 28 heavy (non-hydrogen) atoms. The van der Waals surface area contributed by atoms with Crippen molar-refractivity contribution in [1.29, 1.82) is 0 Å². The normalized spacial score (nSPS) is 17.5. The van der Waals surface area contributed by atoms with Gasteiger partial charge in [0.1, 0.15) is 11.9 Å². The molecule has 0 amide bonds. The number of aromatic hydroxyl groups is 1. The number of phenolic OH excluding ortho intramolecular Hbond substituents is 1. The van der Waals surface area contributed by atoms with Crippen molar-refractivity contribution in [2.75, 3.05) is 28.4 Å². The lowest BCUT2D eigenvalue weighted by Crippen LogP contribution is -2.08. The van der Waals surface area contributed by atoms with Crippen molar-refractivity contribution >= 4 is 0 Å². The van der Waals surface area contributed by atoms with Gasteiger partial charge < -0.3 is 28.8 Å². The molecule has 2 atom stereocenters. The Balaban J connectivity index is 2.11. The summed E-state index contributed by atoms with van der Waals surface area (Å²) in [6.45, 7) is 5.86. The van der Waals surface area contributed by atoms with Gasteiger partial charge in [-0.15, -0.1) is 6.58 Å². The number of phenols is 1. The van der Waals surface area contributed by atoms with E-state index in [1.54, 1.807) is 27.4 Å². The van der Waals surface area contributed by atoms with Crippen LogP contribution in [0.2, 0.25) is 0 Å². The van der Waals surface area contributed by atoms with Crippen molar-refractivity contribution in [3.63, 3.8) is 0 Å². The number of ether oxygens (including phenoxy) is 5. The van der Waals surface area contributed by atoms with Crippen molar-refractivity contribution < 1.29 is 28.8 Å². The van der Waals surface area contributed by atoms with Crippen LogP contribution < -0.4 is 23.7 Å². The van der Waals surface area contributed by atoms with Gasteiger partial charge in [-0.2, -0.15) is 0 Å².